The summed E-state index contributed by atoms with van der Waals surface area (Å²) in [5.41, 5.74) is 6.83. The minimum atomic E-state index is -0.0764. The van der Waals surface area contributed by atoms with Crippen molar-refractivity contribution in [3.05, 3.63) is 23.8 Å². The maximum atomic E-state index is 12.0. The van der Waals surface area contributed by atoms with Crippen LogP contribution in [-0.4, -0.2) is 19.6 Å². The molecule has 0 aliphatic heterocycles. The van der Waals surface area contributed by atoms with Crippen molar-refractivity contribution >= 4 is 11.6 Å². The van der Waals surface area contributed by atoms with Crippen LogP contribution >= 0.6 is 0 Å². The van der Waals surface area contributed by atoms with Gasteiger partial charge in [0.1, 0.15) is 5.75 Å². The molecule has 0 saturated heterocycles. The number of benzene rings is 1. The Morgan fingerprint density at radius 1 is 1.39 bits per heavy atom. The normalized spacial score (nSPS) is 15.6. The molecule has 1 saturated carbocycles. The lowest BCUT2D eigenvalue weighted by Crippen LogP contribution is -2.28. The summed E-state index contributed by atoms with van der Waals surface area (Å²) < 4.78 is 5.10. The summed E-state index contributed by atoms with van der Waals surface area (Å²) in [7, 11) is 1.56. The molecular formula is C14H20N2O2. The molecule has 0 bridgehead atoms. The van der Waals surface area contributed by atoms with Crippen LogP contribution in [0, 0.1) is 5.92 Å². The molecule has 0 spiro atoms. The second-order valence-corrected chi connectivity index (χ2v) is 4.86. The van der Waals surface area contributed by atoms with Crippen LogP contribution in [0.1, 0.15) is 36.0 Å². The summed E-state index contributed by atoms with van der Waals surface area (Å²) >= 11 is 0. The number of amides is 1. The number of carbonyl (C=O) groups excluding carboxylic acids is 1. The number of nitrogens with one attached hydrogen (secondary N) is 1. The van der Waals surface area contributed by atoms with Crippen molar-refractivity contribution in [2.24, 2.45) is 5.92 Å². The van der Waals surface area contributed by atoms with Gasteiger partial charge in [-0.2, -0.15) is 0 Å². The average molecular weight is 248 g/mol. The first-order valence-electron chi connectivity index (χ1n) is 6.42. The van der Waals surface area contributed by atoms with Crippen molar-refractivity contribution in [2.75, 3.05) is 19.4 Å². The molecule has 1 aliphatic rings. The summed E-state index contributed by atoms with van der Waals surface area (Å²) in [6, 6.07) is 5.08. The van der Waals surface area contributed by atoms with Crippen LogP contribution in [0.15, 0.2) is 18.2 Å². The second kappa shape index (κ2) is 5.76. The summed E-state index contributed by atoms with van der Waals surface area (Å²) in [5, 5.41) is 2.97. The fourth-order valence-corrected chi connectivity index (χ4v) is 2.42. The molecule has 1 aromatic carbocycles. The van der Waals surface area contributed by atoms with E-state index >= 15 is 0 Å². The van der Waals surface area contributed by atoms with Crippen LogP contribution in [0.5, 0.6) is 5.75 Å². The van der Waals surface area contributed by atoms with Crippen LogP contribution in [0.2, 0.25) is 0 Å². The monoisotopic (exact) mass is 248 g/mol. The first-order chi connectivity index (χ1) is 8.69. The number of nitrogens with two attached hydrogens (primary N) is 1. The Morgan fingerprint density at radius 2 is 2.11 bits per heavy atom. The van der Waals surface area contributed by atoms with Crippen molar-refractivity contribution < 1.29 is 9.53 Å². The van der Waals surface area contributed by atoms with Gasteiger partial charge in [0.05, 0.1) is 7.11 Å². The van der Waals surface area contributed by atoms with Crippen molar-refractivity contribution in [3.63, 3.8) is 0 Å². The molecule has 1 aliphatic carbocycles. The molecular weight excluding hydrogens is 228 g/mol. The number of methoxy groups -OCH3 is 1. The third kappa shape index (κ3) is 3.15. The Hall–Kier alpha value is -1.71. The van der Waals surface area contributed by atoms with Gasteiger partial charge in [-0.25, -0.2) is 0 Å². The summed E-state index contributed by atoms with van der Waals surface area (Å²) in [6.45, 7) is 0.760. The highest BCUT2D eigenvalue weighted by atomic mass is 16.5. The number of hydrogen-bond acceptors (Lipinski definition) is 3. The fourth-order valence-electron chi connectivity index (χ4n) is 2.42. The van der Waals surface area contributed by atoms with Gasteiger partial charge in [0.15, 0.2) is 0 Å². The van der Waals surface area contributed by atoms with E-state index in [1.807, 2.05) is 0 Å². The molecule has 2 rings (SSSR count). The predicted octanol–water partition coefficient (Wildman–Crippen LogP) is 2.20. The van der Waals surface area contributed by atoms with Gasteiger partial charge in [0.2, 0.25) is 0 Å². The van der Waals surface area contributed by atoms with E-state index in [4.69, 9.17) is 10.5 Å². The van der Waals surface area contributed by atoms with E-state index in [1.54, 1.807) is 25.3 Å². The molecule has 4 nitrogen and oxygen atoms in total. The van der Waals surface area contributed by atoms with Crippen LogP contribution in [0.4, 0.5) is 5.69 Å². The Morgan fingerprint density at radius 3 is 2.78 bits per heavy atom. The van der Waals surface area contributed by atoms with Crippen LogP contribution < -0.4 is 15.8 Å². The number of ether oxygens (including phenoxy) is 1. The highest BCUT2D eigenvalue weighted by molar-refractivity contribution is 5.95. The van der Waals surface area contributed by atoms with E-state index in [0.717, 1.165) is 6.54 Å². The molecule has 0 radical (unpaired) electrons. The maximum Gasteiger partial charge on any atom is 0.251 e. The van der Waals surface area contributed by atoms with Gasteiger partial charge in [-0.15, -0.1) is 0 Å². The first kappa shape index (κ1) is 12.7. The number of nitrogen functional groups attached to an aromatic ring is 1. The van der Waals surface area contributed by atoms with E-state index in [0.29, 0.717) is 22.9 Å². The highest BCUT2D eigenvalue weighted by Gasteiger charge is 2.16. The number of anilines is 1. The van der Waals surface area contributed by atoms with E-state index < -0.39 is 0 Å². The van der Waals surface area contributed by atoms with E-state index in [-0.39, 0.29) is 5.91 Å². The zero-order valence-corrected chi connectivity index (χ0v) is 10.7. The van der Waals surface area contributed by atoms with Crippen molar-refractivity contribution in [1.82, 2.24) is 5.32 Å². The summed E-state index contributed by atoms with van der Waals surface area (Å²) in [6.07, 6.45) is 5.01. The van der Waals surface area contributed by atoms with Crippen LogP contribution in [0.25, 0.3) is 0 Å². The number of carbonyl (C=O) groups is 1. The lowest BCUT2D eigenvalue weighted by molar-refractivity contribution is 0.0947. The largest absolute Gasteiger partial charge is 0.497 e. The Balaban J connectivity index is 1.97. The molecule has 0 unspecified atom stereocenters. The summed E-state index contributed by atoms with van der Waals surface area (Å²) in [4.78, 5) is 12.0. The Bertz CT molecular complexity index is 426. The van der Waals surface area contributed by atoms with Crippen molar-refractivity contribution in [3.8, 4) is 5.75 Å². The molecule has 0 aromatic heterocycles. The van der Waals surface area contributed by atoms with E-state index in [9.17, 15) is 4.79 Å². The lowest BCUT2D eigenvalue weighted by Gasteiger charge is -2.11. The molecule has 98 valence electrons. The predicted molar refractivity (Wildman–Crippen MR) is 71.7 cm³/mol. The molecule has 18 heavy (non-hydrogen) atoms. The zero-order chi connectivity index (χ0) is 13.0. The van der Waals surface area contributed by atoms with Gasteiger partial charge in [0.25, 0.3) is 5.91 Å². The Kier molecular flexibility index (Phi) is 4.07. The minimum Gasteiger partial charge on any atom is -0.497 e. The fraction of sp³-hybridized carbons (Fsp3) is 0.500. The SMILES string of the molecule is COc1cc(N)cc(C(=O)NCC2CCCC2)c1. The standard InChI is InChI=1S/C14H20N2O2/c1-18-13-7-11(6-12(15)8-13)14(17)16-9-10-4-2-3-5-10/h6-8,10H,2-5,9,15H2,1H3,(H,16,17). The number of rotatable bonds is 4. The number of hydrogen-bond donors (Lipinski definition) is 2. The lowest BCUT2D eigenvalue weighted by atomic mass is 10.1. The second-order valence-electron chi connectivity index (χ2n) is 4.86. The highest BCUT2D eigenvalue weighted by Crippen LogP contribution is 2.24. The molecule has 0 heterocycles. The summed E-state index contributed by atoms with van der Waals surface area (Å²) in [5.74, 6) is 1.17. The third-order valence-electron chi connectivity index (χ3n) is 3.45. The van der Waals surface area contributed by atoms with E-state index in [1.165, 1.54) is 25.7 Å². The van der Waals surface area contributed by atoms with Gasteiger partial charge in [0, 0.05) is 23.9 Å². The molecule has 0 atom stereocenters. The smallest absolute Gasteiger partial charge is 0.251 e. The van der Waals surface area contributed by atoms with Gasteiger partial charge in [-0.3, -0.25) is 4.79 Å². The first-order valence-corrected chi connectivity index (χ1v) is 6.42. The van der Waals surface area contributed by atoms with Gasteiger partial charge < -0.3 is 15.8 Å². The molecule has 1 fully saturated rings. The van der Waals surface area contributed by atoms with Gasteiger partial charge >= 0.3 is 0 Å². The van der Waals surface area contributed by atoms with Gasteiger partial charge in [-0.05, 0) is 30.9 Å². The molecule has 1 amide bonds. The maximum absolute atomic E-state index is 12.0. The third-order valence-corrected chi connectivity index (χ3v) is 3.45. The van der Waals surface area contributed by atoms with Crippen molar-refractivity contribution in [1.29, 1.82) is 0 Å². The quantitative estimate of drug-likeness (QED) is 0.803. The van der Waals surface area contributed by atoms with Gasteiger partial charge in [-0.1, -0.05) is 12.8 Å². The Labute approximate surface area is 108 Å². The van der Waals surface area contributed by atoms with Crippen molar-refractivity contribution in [2.45, 2.75) is 25.7 Å². The molecule has 4 heteroatoms. The van der Waals surface area contributed by atoms with Crippen LogP contribution in [0.3, 0.4) is 0 Å². The minimum absolute atomic E-state index is 0.0764. The van der Waals surface area contributed by atoms with E-state index in [2.05, 4.69) is 5.32 Å². The zero-order valence-electron chi connectivity index (χ0n) is 10.7. The molecule has 1 aromatic rings. The average Bonchev–Trinajstić information content (AvgIpc) is 2.88. The van der Waals surface area contributed by atoms with Crippen LogP contribution in [-0.2, 0) is 0 Å². The topological polar surface area (TPSA) is 64.3 Å². The molecule has 3 N–H and O–H groups in total.